The van der Waals surface area contributed by atoms with Gasteiger partial charge in [-0.05, 0) is 16.3 Å². The van der Waals surface area contributed by atoms with Crippen molar-refractivity contribution in [3.8, 4) is 0 Å². The molecule has 0 unspecified atom stereocenters. The zero-order valence-corrected chi connectivity index (χ0v) is 9.07. The maximum Gasteiger partial charge on any atom is 0.407 e. The van der Waals surface area contributed by atoms with Crippen molar-refractivity contribution in [1.29, 1.82) is 0 Å². The van der Waals surface area contributed by atoms with Gasteiger partial charge < -0.3 is 10.1 Å². The van der Waals surface area contributed by atoms with E-state index in [2.05, 4.69) is 22.2 Å². The molecule has 1 N–H and O–H groups in total. The Morgan fingerprint density at radius 2 is 1.94 bits per heavy atom. The topological polar surface area (TPSA) is 38.3 Å². The molecular weight excluding hydrogens is 202 g/mol. The minimum atomic E-state index is -0.409. The highest BCUT2D eigenvalue weighted by Gasteiger charge is 2.02. The molecule has 0 bridgehead atoms. The Kier molecular flexibility index (Phi) is 3.05. The third-order valence-corrected chi connectivity index (χ3v) is 2.49. The van der Waals surface area contributed by atoms with Crippen LogP contribution in [0.1, 0.15) is 5.56 Å². The minimum absolute atomic E-state index is 0.409. The first-order chi connectivity index (χ1) is 7.81. The number of carbonyl (C=O) groups excluding carboxylic acids is 1. The number of rotatable bonds is 2. The van der Waals surface area contributed by atoms with Crippen molar-refractivity contribution in [1.82, 2.24) is 5.32 Å². The van der Waals surface area contributed by atoms with Crippen LogP contribution in [0.15, 0.2) is 42.5 Å². The summed E-state index contributed by atoms with van der Waals surface area (Å²) in [5.41, 5.74) is 1.09. The Labute approximate surface area is 94.0 Å². The van der Waals surface area contributed by atoms with Crippen molar-refractivity contribution in [2.24, 2.45) is 0 Å². The number of hydrogen-bond donors (Lipinski definition) is 1. The lowest BCUT2D eigenvalue weighted by molar-refractivity contribution is 0.170. The van der Waals surface area contributed by atoms with Gasteiger partial charge in [0.25, 0.3) is 0 Å². The highest BCUT2D eigenvalue weighted by Crippen LogP contribution is 2.18. The average molecular weight is 215 g/mol. The highest BCUT2D eigenvalue weighted by molar-refractivity contribution is 5.85. The second kappa shape index (κ2) is 4.66. The average Bonchev–Trinajstić information content (AvgIpc) is 2.35. The van der Waals surface area contributed by atoms with Crippen LogP contribution in [0.5, 0.6) is 0 Å². The monoisotopic (exact) mass is 215 g/mol. The first-order valence-electron chi connectivity index (χ1n) is 5.09. The zero-order chi connectivity index (χ0) is 11.4. The van der Waals surface area contributed by atoms with E-state index in [9.17, 15) is 4.79 Å². The van der Waals surface area contributed by atoms with Crippen LogP contribution in [-0.2, 0) is 11.3 Å². The fourth-order valence-electron chi connectivity index (χ4n) is 1.69. The fourth-order valence-corrected chi connectivity index (χ4v) is 1.69. The summed E-state index contributed by atoms with van der Waals surface area (Å²) < 4.78 is 4.53. The van der Waals surface area contributed by atoms with E-state index in [0.717, 1.165) is 10.9 Å². The van der Waals surface area contributed by atoms with Gasteiger partial charge >= 0.3 is 6.09 Å². The van der Waals surface area contributed by atoms with Gasteiger partial charge in [-0.25, -0.2) is 4.79 Å². The van der Waals surface area contributed by atoms with Crippen LogP contribution in [0.3, 0.4) is 0 Å². The zero-order valence-electron chi connectivity index (χ0n) is 9.07. The van der Waals surface area contributed by atoms with E-state index in [1.165, 1.54) is 12.5 Å². The quantitative estimate of drug-likeness (QED) is 0.836. The van der Waals surface area contributed by atoms with E-state index in [0.29, 0.717) is 6.54 Å². The van der Waals surface area contributed by atoms with Crippen molar-refractivity contribution in [2.75, 3.05) is 7.11 Å². The number of hydrogen-bond acceptors (Lipinski definition) is 2. The SMILES string of the molecule is COC(=O)NCc1cccc2ccccc12. The predicted molar refractivity (Wildman–Crippen MR) is 63.2 cm³/mol. The number of alkyl carbamates (subject to hydrolysis) is 1. The molecular formula is C13H13NO2. The van der Waals surface area contributed by atoms with Crippen molar-refractivity contribution in [3.63, 3.8) is 0 Å². The van der Waals surface area contributed by atoms with Gasteiger partial charge in [0.05, 0.1) is 7.11 Å². The van der Waals surface area contributed by atoms with E-state index in [1.54, 1.807) is 0 Å². The molecule has 0 heterocycles. The number of benzene rings is 2. The summed E-state index contributed by atoms with van der Waals surface area (Å²) >= 11 is 0. The lowest BCUT2D eigenvalue weighted by Gasteiger charge is -2.07. The highest BCUT2D eigenvalue weighted by atomic mass is 16.5. The number of fused-ring (bicyclic) bond motifs is 1. The minimum Gasteiger partial charge on any atom is -0.453 e. The Hall–Kier alpha value is -2.03. The molecule has 0 saturated carbocycles. The van der Waals surface area contributed by atoms with Gasteiger partial charge in [0.2, 0.25) is 0 Å². The molecule has 82 valence electrons. The summed E-state index contributed by atoms with van der Waals surface area (Å²) in [6.45, 7) is 0.480. The summed E-state index contributed by atoms with van der Waals surface area (Å²) in [4.78, 5) is 11.0. The Balaban J connectivity index is 2.27. The number of amides is 1. The first-order valence-corrected chi connectivity index (χ1v) is 5.09. The van der Waals surface area contributed by atoms with E-state index in [1.807, 2.05) is 30.3 Å². The van der Waals surface area contributed by atoms with Crippen molar-refractivity contribution < 1.29 is 9.53 Å². The largest absolute Gasteiger partial charge is 0.453 e. The molecule has 0 atom stereocenters. The van der Waals surface area contributed by atoms with Crippen molar-refractivity contribution in [2.45, 2.75) is 6.54 Å². The van der Waals surface area contributed by atoms with E-state index in [4.69, 9.17) is 0 Å². The second-order valence-corrected chi connectivity index (χ2v) is 3.48. The maximum absolute atomic E-state index is 11.0. The first kappa shape index (κ1) is 10.5. The van der Waals surface area contributed by atoms with Gasteiger partial charge in [-0.15, -0.1) is 0 Å². The molecule has 0 aliphatic carbocycles. The molecule has 0 aliphatic rings. The van der Waals surface area contributed by atoms with Gasteiger partial charge in [-0.2, -0.15) is 0 Å². The van der Waals surface area contributed by atoms with Crippen LogP contribution in [0.4, 0.5) is 4.79 Å². The van der Waals surface area contributed by atoms with Crippen molar-refractivity contribution >= 4 is 16.9 Å². The standard InChI is InChI=1S/C13H13NO2/c1-16-13(15)14-9-11-7-4-6-10-5-2-3-8-12(10)11/h2-8H,9H2,1H3,(H,14,15). The third-order valence-electron chi connectivity index (χ3n) is 2.49. The van der Waals surface area contributed by atoms with Crippen LogP contribution in [0.2, 0.25) is 0 Å². The van der Waals surface area contributed by atoms with E-state index >= 15 is 0 Å². The van der Waals surface area contributed by atoms with E-state index < -0.39 is 6.09 Å². The molecule has 2 rings (SSSR count). The summed E-state index contributed by atoms with van der Waals surface area (Å²) in [6, 6.07) is 14.1. The Morgan fingerprint density at radius 3 is 2.75 bits per heavy atom. The molecule has 1 amide bonds. The number of nitrogens with one attached hydrogen (secondary N) is 1. The predicted octanol–water partition coefficient (Wildman–Crippen LogP) is 2.70. The van der Waals surface area contributed by atoms with Crippen LogP contribution >= 0.6 is 0 Å². The van der Waals surface area contributed by atoms with Gasteiger partial charge in [0.1, 0.15) is 0 Å². The number of ether oxygens (including phenoxy) is 1. The lowest BCUT2D eigenvalue weighted by atomic mass is 10.0. The second-order valence-electron chi connectivity index (χ2n) is 3.48. The summed E-state index contributed by atoms with van der Waals surface area (Å²) in [5, 5.41) is 5.01. The normalized spacial score (nSPS) is 10.1. The molecule has 0 radical (unpaired) electrons. The summed E-state index contributed by atoms with van der Waals surface area (Å²) in [5.74, 6) is 0. The van der Waals surface area contributed by atoms with Gasteiger partial charge in [-0.3, -0.25) is 0 Å². The Morgan fingerprint density at radius 1 is 1.19 bits per heavy atom. The number of methoxy groups -OCH3 is 1. The Bertz CT molecular complexity index is 503. The summed E-state index contributed by atoms with van der Waals surface area (Å²) in [6.07, 6.45) is -0.409. The summed E-state index contributed by atoms with van der Waals surface area (Å²) in [7, 11) is 1.36. The molecule has 0 aromatic heterocycles. The molecule has 2 aromatic rings. The molecule has 3 nitrogen and oxygen atoms in total. The molecule has 16 heavy (non-hydrogen) atoms. The maximum atomic E-state index is 11.0. The van der Waals surface area contributed by atoms with Gasteiger partial charge in [-0.1, -0.05) is 42.5 Å². The van der Waals surface area contributed by atoms with Gasteiger partial charge in [0.15, 0.2) is 0 Å². The van der Waals surface area contributed by atoms with Crippen LogP contribution in [0.25, 0.3) is 10.8 Å². The third kappa shape index (κ3) is 2.14. The van der Waals surface area contributed by atoms with Crippen molar-refractivity contribution in [3.05, 3.63) is 48.0 Å². The molecule has 2 aromatic carbocycles. The smallest absolute Gasteiger partial charge is 0.407 e. The molecule has 0 aliphatic heterocycles. The van der Waals surface area contributed by atoms with E-state index in [-0.39, 0.29) is 0 Å². The van der Waals surface area contributed by atoms with Crippen LogP contribution in [-0.4, -0.2) is 13.2 Å². The fraction of sp³-hybridized carbons (Fsp3) is 0.154. The number of carbonyl (C=O) groups is 1. The van der Waals surface area contributed by atoms with Crippen LogP contribution < -0.4 is 5.32 Å². The molecule has 0 fully saturated rings. The lowest BCUT2D eigenvalue weighted by Crippen LogP contribution is -2.22. The van der Waals surface area contributed by atoms with Crippen LogP contribution in [0, 0.1) is 0 Å². The molecule has 3 heteroatoms. The molecule has 0 spiro atoms. The van der Waals surface area contributed by atoms with Gasteiger partial charge in [0, 0.05) is 6.54 Å². The molecule has 0 saturated heterocycles.